The van der Waals surface area contributed by atoms with Crippen LogP contribution in [0.1, 0.15) is 37.7 Å². The van der Waals surface area contributed by atoms with Crippen molar-refractivity contribution < 1.29 is 33.3 Å². The summed E-state index contributed by atoms with van der Waals surface area (Å²) in [5.74, 6) is 0.111. The fourth-order valence-corrected chi connectivity index (χ4v) is 4.93. The highest BCUT2D eigenvalue weighted by Crippen LogP contribution is 2.36. The van der Waals surface area contributed by atoms with E-state index in [9.17, 15) is 14.4 Å². The maximum Gasteiger partial charge on any atom is 0.310 e. The fourth-order valence-electron chi connectivity index (χ4n) is 4.93. The molecule has 2 saturated heterocycles. The maximum absolute atomic E-state index is 13.6. The molecule has 0 radical (unpaired) electrons. The minimum absolute atomic E-state index is 0.0191. The first-order chi connectivity index (χ1) is 16.4. The highest BCUT2D eigenvalue weighted by atomic mass is 16.5. The summed E-state index contributed by atoms with van der Waals surface area (Å²) in [4.78, 5) is 42.0. The molecule has 0 N–H and O–H groups in total. The predicted octanol–water partition coefficient (Wildman–Crippen LogP) is 2.08. The second-order valence-corrected chi connectivity index (χ2v) is 8.85. The van der Waals surface area contributed by atoms with Crippen molar-refractivity contribution in [1.82, 2.24) is 9.80 Å². The van der Waals surface area contributed by atoms with Crippen LogP contribution in [0.15, 0.2) is 18.2 Å². The van der Waals surface area contributed by atoms with E-state index < -0.39 is 0 Å². The van der Waals surface area contributed by atoms with Gasteiger partial charge in [0.05, 0.1) is 32.7 Å². The topological polar surface area (TPSA) is 94.6 Å². The maximum atomic E-state index is 13.6. The molecule has 0 aliphatic carbocycles. The van der Waals surface area contributed by atoms with Gasteiger partial charge in [-0.15, -0.1) is 0 Å². The van der Waals surface area contributed by atoms with Crippen LogP contribution in [-0.4, -0.2) is 88.3 Å². The lowest BCUT2D eigenvalue weighted by molar-refractivity contribution is -0.152. The van der Waals surface area contributed by atoms with E-state index in [1.807, 2.05) is 18.2 Å². The SMILES string of the molecule is CCOC(=O)[C@H]1CCCN(C(=O)[C@@H]2C[C@H](c3ccc(OC)c(OC)c3)CN(C(=O)COC)C2)C1. The van der Waals surface area contributed by atoms with Crippen LogP contribution < -0.4 is 9.47 Å². The molecule has 2 heterocycles. The Labute approximate surface area is 201 Å². The minimum Gasteiger partial charge on any atom is -0.493 e. The van der Waals surface area contributed by atoms with Crippen molar-refractivity contribution in [1.29, 1.82) is 0 Å². The van der Waals surface area contributed by atoms with Crippen molar-refractivity contribution in [2.45, 2.75) is 32.1 Å². The minimum atomic E-state index is -0.367. The average Bonchev–Trinajstić information content (AvgIpc) is 2.87. The molecule has 9 heteroatoms. The number of rotatable bonds is 8. The summed E-state index contributed by atoms with van der Waals surface area (Å²) in [7, 11) is 4.65. The van der Waals surface area contributed by atoms with E-state index in [4.69, 9.17) is 18.9 Å². The molecule has 2 fully saturated rings. The number of amides is 2. The molecule has 1 aromatic carbocycles. The molecule has 2 amide bonds. The third-order valence-corrected chi connectivity index (χ3v) is 6.65. The fraction of sp³-hybridized carbons (Fsp3) is 0.640. The first-order valence-electron chi connectivity index (χ1n) is 11.9. The largest absolute Gasteiger partial charge is 0.493 e. The van der Waals surface area contributed by atoms with E-state index >= 15 is 0 Å². The molecule has 0 saturated carbocycles. The molecule has 0 unspecified atom stereocenters. The molecule has 188 valence electrons. The van der Waals surface area contributed by atoms with E-state index in [0.717, 1.165) is 18.4 Å². The van der Waals surface area contributed by atoms with Crippen LogP contribution in [0, 0.1) is 11.8 Å². The number of hydrogen-bond donors (Lipinski definition) is 0. The number of carbonyl (C=O) groups is 3. The number of carbonyl (C=O) groups excluding carboxylic acids is 3. The highest BCUT2D eigenvalue weighted by Gasteiger charge is 2.38. The second-order valence-electron chi connectivity index (χ2n) is 8.85. The zero-order chi connectivity index (χ0) is 24.7. The summed E-state index contributed by atoms with van der Waals surface area (Å²) in [5.41, 5.74) is 0.980. The molecule has 1 aromatic rings. The first kappa shape index (κ1) is 25.8. The van der Waals surface area contributed by atoms with E-state index in [1.165, 1.54) is 7.11 Å². The second kappa shape index (κ2) is 12.1. The van der Waals surface area contributed by atoms with Crippen molar-refractivity contribution in [3.63, 3.8) is 0 Å². The van der Waals surface area contributed by atoms with Gasteiger partial charge >= 0.3 is 5.97 Å². The van der Waals surface area contributed by atoms with E-state index in [0.29, 0.717) is 50.7 Å². The molecule has 3 rings (SSSR count). The number of benzene rings is 1. The summed E-state index contributed by atoms with van der Waals surface area (Å²) in [6, 6.07) is 5.71. The Morgan fingerprint density at radius 1 is 0.971 bits per heavy atom. The highest BCUT2D eigenvalue weighted by molar-refractivity contribution is 5.83. The number of methoxy groups -OCH3 is 3. The van der Waals surface area contributed by atoms with Gasteiger partial charge in [-0.3, -0.25) is 14.4 Å². The normalized spacial score (nSPS) is 22.8. The molecular formula is C25H36N2O7. The number of likely N-dealkylation sites (tertiary alicyclic amines) is 2. The summed E-state index contributed by atoms with van der Waals surface area (Å²) in [6.45, 7) is 3.88. The molecular weight excluding hydrogens is 440 g/mol. The summed E-state index contributed by atoms with van der Waals surface area (Å²) in [5, 5.41) is 0. The molecule has 2 aliphatic heterocycles. The van der Waals surface area contributed by atoms with Gasteiger partial charge in [-0.05, 0) is 43.9 Å². The van der Waals surface area contributed by atoms with Crippen LogP contribution in [-0.2, 0) is 23.9 Å². The number of ether oxygens (including phenoxy) is 4. The number of nitrogens with zero attached hydrogens (tertiary/aromatic N) is 2. The quantitative estimate of drug-likeness (QED) is 0.530. The van der Waals surface area contributed by atoms with Gasteiger partial charge in [0.2, 0.25) is 11.8 Å². The lowest BCUT2D eigenvalue weighted by Crippen LogP contribution is -2.52. The van der Waals surface area contributed by atoms with Crippen molar-refractivity contribution in [3.05, 3.63) is 23.8 Å². The van der Waals surface area contributed by atoms with Crippen molar-refractivity contribution in [2.24, 2.45) is 11.8 Å². The molecule has 9 nitrogen and oxygen atoms in total. The zero-order valence-corrected chi connectivity index (χ0v) is 20.6. The summed E-state index contributed by atoms with van der Waals surface area (Å²) in [6.07, 6.45) is 2.08. The molecule has 0 aromatic heterocycles. The Hall–Kier alpha value is -2.81. The van der Waals surface area contributed by atoms with Crippen molar-refractivity contribution in [2.75, 3.05) is 60.7 Å². The van der Waals surface area contributed by atoms with Crippen LogP contribution in [0.2, 0.25) is 0 Å². The Morgan fingerprint density at radius 2 is 1.71 bits per heavy atom. The molecule has 0 spiro atoms. The van der Waals surface area contributed by atoms with Gasteiger partial charge in [0, 0.05) is 39.2 Å². The third-order valence-electron chi connectivity index (χ3n) is 6.65. The van der Waals surface area contributed by atoms with Crippen LogP contribution >= 0.6 is 0 Å². The summed E-state index contributed by atoms with van der Waals surface area (Å²) < 4.78 is 21.1. The van der Waals surface area contributed by atoms with E-state index in [2.05, 4.69) is 0 Å². The van der Waals surface area contributed by atoms with Crippen molar-refractivity contribution >= 4 is 17.8 Å². The molecule has 2 aliphatic rings. The van der Waals surface area contributed by atoms with E-state index in [1.54, 1.807) is 30.9 Å². The van der Waals surface area contributed by atoms with Crippen LogP contribution in [0.4, 0.5) is 0 Å². The first-order valence-corrected chi connectivity index (χ1v) is 11.9. The van der Waals surface area contributed by atoms with Gasteiger partial charge in [-0.1, -0.05) is 6.07 Å². The van der Waals surface area contributed by atoms with Gasteiger partial charge in [-0.25, -0.2) is 0 Å². The van der Waals surface area contributed by atoms with Gasteiger partial charge < -0.3 is 28.7 Å². The Morgan fingerprint density at radius 3 is 2.38 bits per heavy atom. The lowest BCUT2D eigenvalue weighted by atomic mass is 9.83. The number of esters is 1. The van der Waals surface area contributed by atoms with Gasteiger partial charge in [0.1, 0.15) is 6.61 Å². The van der Waals surface area contributed by atoms with Gasteiger partial charge in [-0.2, -0.15) is 0 Å². The summed E-state index contributed by atoms with van der Waals surface area (Å²) >= 11 is 0. The monoisotopic (exact) mass is 476 g/mol. The number of piperidine rings is 2. The standard InChI is InChI=1S/C25H36N2O7/c1-5-34-25(30)18-7-6-10-26(13-18)24(29)20-11-19(14-27(15-20)23(28)16-31-2)17-8-9-21(32-3)22(12-17)33-4/h8-9,12,18-20H,5-7,10-11,13-16H2,1-4H3/t18-,19-,20+/m0/s1. The van der Waals surface area contributed by atoms with Gasteiger partial charge in [0.25, 0.3) is 0 Å². The van der Waals surface area contributed by atoms with Crippen LogP contribution in [0.3, 0.4) is 0 Å². The van der Waals surface area contributed by atoms with Crippen LogP contribution in [0.25, 0.3) is 0 Å². The predicted molar refractivity (Wildman–Crippen MR) is 125 cm³/mol. The molecule has 34 heavy (non-hydrogen) atoms. The molecule has 3 atom stereocenters. The van der Waals surface area contributed by atoms with Gasteiger partial charge in [0.15, 0.2) is 11.5 Å². The Kier molecular flexibility index (Phi) is 9.15. The van der Waals surface area contributed by atoms with E-state index in [-0.39, 0.29) is 42.1 Å². The zero-order valence-electron chi connectivity index (χ0n) is 20.6. The van der Waals surface area contributed by atoms with Crippen molar-refractivity contribution in [3.8, 4) is 11.5 Å². The lowest BCUT2D eigenvalue weighted by Gasteiger charge is -2.40. The average molecular weight is 477 g/mol. The number of hydrogen-bond acceptors (Lipinski definition) is 7. The Balaban J connectivity index is 1.81. The van der Waals surface area contributed by atoms with Crippen LogP contribution in [0.5, 0.6) is 11.5 Å². The Bertz CT molecular complexity index is 875. The molecule has 0 bridgehead atoms. The third kappa shape index (κ3) is 6.00. The smallest absolute Gasteiger partial charge is 0.310 e.